The molecule has 6 heteroatoms. The van der Waals surface area contributed by atoms with Crippen molar-refractivity contribution in [2.45, 2.75) is 19.3 Å². The summed E-state index contributed by atoms with van der Waals surface area (Å²) in [5.74, 6) is 0.137. The first-order valence-corrected chi connectivity index (χ1v) is 9.21. The number of thiazole rings is 1. The van der Waals surface area contributed by atoms with E-state index in [1.165, 1.54) is 16.9 Å². The van der Waals surface area contributed by atoms with Gasteiger partial charge in [-0.3, -0.25) is 4.79 Å². The topological polar surface area (TPSA) is 42.0 Å². The smallest absolute Gasteiger partial charge is 0.229 e. The molecule has 0 bridgehead atoms. The van der Waals surface area contributed by atoms with Crippen LogP contribution in [0.5, 0.6) is 0 Å². The fourth-order valence-electron chi connectivity index (χ4n) is 2.93. The van der Waals surface area contributed by atoms with Crippen molar-refractivity contribution in [3.63, 3.8) is 0 Å². The van der Waals surface area contributed by atoms with Crippen LogP contribution in [0, 0.1) is 12.8 Å². The molecule has 1 N–H and O–H groups in total. The molecular formula is C18H14Cl2N2OS. The van der Waals surface area contributed by atoms with E-state index in [1.54, 1.807) is 6.07 Å². The number of benzene rings is 2. The highest BCUT2D eigenvalue weighted by atomic mass is 35.5. The number of halogens is 2. The van der Waals surface area contributed by atoms with Gasteiger partial charge in [0, 0.05) is 16.0 Å². The third-order valence-corrected chi connectivity index (χ3v) is 5.58. The van der Waals surface area contributed by atoms with Gasteiger partial charge in [0.05, 0.1) is 10.2 Å². The molecule has 1 amide bonds. The summed E-state index contributed by atoms with van der Waals surface area (Å²) in [6, 6.07) is 11.5. The van der Waals surface area contributed by atoms with E-state index < -0.39 is 0 Å². The highest BCUT2D eigenvalue weighted by molar-refractivity contribution is 7.22. The van der Waals surface area contributed by atoms with Crippen LogP contribution in [0.2, 0.25) is 10.0 Å². The number of amides is 1. The van der Waals surface area contributed by atoms with Crippen LogP contribution in [-0.2, 0) is 4.79 Å². The second-order valence-corrected chi connectivity index (χ2v) is 8.03. The summed E-state index contributed by atoms with van der Waals surface area (Å²) in [6.07, 6.45) is 0.812. The molecule has 2 aromatic carbocycles. The van der Waals surface area contributed by atoms with Crippen LogP contribution >= 0.6 is 34.5 Å². The molecule has 1 saturated carbocycles. The Kier molecular flexibility index (Phi) is 3.99. The van der Waals surface area contributed by atoms with Gasteiger partial charge in [0.15, 0.2) is 5.13 Å². The predicted molar refractivity (Wildman–Crippen MR) is 100 cm³/mol. The Bertz CT molecular complexity index is 933. The van der Waals surface area contributed by atoms with Crippen molar-refractivity contribution in [3.8, 4) is 0 Å². The lowest BCUT2D eigenvalue weighted by molar-refractivity contribution is -0.117. The number of rotatable bonds is 3. The fourth-order valence-corrected chi connectivity index (χ4v) is 4.44. The number of nitrogens with one attached hydrogen (secondary N) is 1. The molecule has 0 aliphatic heterocycles. The molecule has 24 heavy (non-hydrogen) atoms. The van der Waals surface area contributed by atoms with Crippen molar-refractivity contribution in [1.82, 2.24) is 4.98 Å². The average molecular weight is 377 g/mol. The van der Waals surface area contributed by atoms with E-state index in [0.29, 0.717) is 15.2 Å². The number of hydrogen-bond donors (Lipinski definition) is 1. The lowest BCUT2D eigenvalue weighted by atomic mass is 10.1. The molecule has 3 nitrogen and oxygen atoms in total. The monoisotopic (exact) mass is 376 g/mol. The largest absolute Gasteiger partial charge is 0.302 e. The van der Waals surface area contributed by atoms with Crippen molar-refractivity contribution in [2.24, 2.45) is 5.92 Å². The standard InChI is InChI=1S/C18H14Cl2N2OS/c1-9-2-3-15-16(4-9)24-18(21-15)22-17(23)14-8-13(14)10-5-11(19)7-12(20)6-10/h2-7,13-14H,8H2,1H3,(H,21,22,23). The summed E-state index contributed by atoms with van der Waals surface area (Å²) in [6.45, 7) is 2.04. The molecule has 3 aromatic rings. The van der Waals surface area contributed by atoms with Crippen LogP contribution in [0.15, 0.2) is 36.4 Å². The Morgan fingerprint density at radius 2 is 1.96 bits per heavy atom. The minimum atomic E-state index is -0.0479. The maximum absolute atomic E-state index is 12.5. The maximum atomic E-state index is 12.5. The number of carbonyl (C=O) groups is 1. The van der Waals surface area contributed by atoms with Gasteiger partial charge in [0.2, 0.25) is 5.91 Å². The van der Waals surface area contributed by atoms with E-state index in [9.17, 15) is 4.79 Å². The zero-order valence-corrected chi connectivity index (χ0v) is 15.2. The number of anilines is 1. The zero-order valence-electron chi connectivity index (χ0n) is 12.8. The van der Waals surface area contributed by atoms with Crippen LogP contribution in [0.4, 0.5) is 5.13 Å². The number of carbonyl (C=O) groups excluding carboxylic acids is 1. The van der Waals surface area contributed by atoms with E-state index in [-0.39, 0.29) is 17.7 Å². The normalized spacial score (nSPS) is 19.5. The Labute approximate surface area is 153 Å². The zero-order chi connectivity index (χ0) is 16.8. The molecule has 0 radical (unpaired) electrons. The predicted octanol–water partition coefficient (Wildman–Crippen LogP) is 5.65. The van der Waals surface area contributed by atoms with E-state index in [1.807, 2.05) is 31.2 Å². The minimum Gasteiger partial charge on any atom is -0.302 e. The molecule has 122 valence electrons. The fraction of sp³-hybridized carbons (Fsp3) is 0.222. The third-order valence-electron chi connectivity index (χ3n) is 4.21. The van der Waals surface area contributed by atoms with Crippen LogP contribution in [0.25, 0.3) is 10.2 Å². The second-order valence-electron chi connectivity index (χ2n) is 6.13. The van der Waals surface area contributed by atoms with Crippen molar-refractivity contribution in [1.29, 1.82) is 0 Å². The Hall–Kier alpha value is -1.62. The molecule has 1 fully saturated rings. The minimum absolute atomic E-state index is 0.00637. The molecule has 0 spiro atoms. The van der Waals surface area contributed by atoms with E-state index >= 15 is 0 Å². The van der Waals surface area contributed by atoms with Gasteiger partial charge in [-0.15, -0.1) is 0 Å². The van der Waals surface area contributed by atoms with Gasteiger partial charge in [0.1, 0.15) is 0 Å². The van der Waals surface area contributed by atoms with Crippen LogP contribution in [-0.4, -0.2) is 10.9 Å². The molecule has 0 saturated heterocycles. The highest BCUT2D eigenvalue weighted by Crippen LogP contribution is 2.49. The average Bonchev–Trinajstić information content (AvgIpc) is 3.21. The Morgan fingerprint density at radius 1 is 1.21 bits per heavy atom. The number of hydrogen-bond acceptors (Lipinski definition) is 3. The quantitative estimate of drug-likeness (QED) is 0.641. The first-order chi connectivity index (χ1) is 11.5. The second kappa shape index (κ2) is 6.03. The Balaban J connectivity index is 1.48. The molecular weight excluding hydrogens is 363 g/mol. The van der Waals surface area contributed by atoms with Crippen molar-refractivity contribution < 1.29 is 4.79 Å². The van der Waals surface area contributed by atoms with E-state index in [4.69, 9.17) is 23.2 Å². The highest BCUT2D eigenvalue weighted by Gasteiger charge is 2.44. The summed E-state index contributed by atoms with van der Waals surface area (Å²) in [5.41, 5.74) is 3.12. The van der Waals surface area contributed by atoms with Crippen molar-refractivity contribution >= 4 is 55.8 Å². The number of aryl methyl sites for hydroxylation is 1. The van der Waals surface area contributed by atoms with Crippen LogP contribution < -0.4 is 5.32 Å². The molecule has 1 aliphatic rings. The van der Waals surface area contributed by atoms with Gasteiger partial charge in [-0.1, -0.05) is 40.6 Å². The molecule has 1 heterocycles. The van der Waals surface area contributed by atoms with Gasteiger partial charge in [-0.25, -0.2) is 4.98 Å². The molecule has 4 rings (SSSR count). The molecule has 1 aliphatic carbocycles. The van der Waals surface area contributed by atoms with Crippen molar-refractivity contribution in [3.05, 3.63) is 57.6 Å². The number of fused-ring (bicyclic) bond motifs is 1. The van der Waals surface area contributed by atoms with Gasteiger partial charge in [0.25, 0.3) is 0 Å². The van der Waals surface area contributed by atoms with Crippen LogP contribution in [0.3, 0.4) is 0 Å². The summed E-state index contributed by atoms with van der Waals surface area (Å²) >= 11 is 13.6. The SMILES string of the molecule is Cc1ccc2nc(NC(=O)C3CC3c3cc(Cl)cc(Cl)c3)sc2c1. The molecule has 2 unspecified atom stereocenters. The first-order valence-electron chi connectivity index (χ1n) is 7.63. The first kappa shape index (κ1) is 15.9. The summed E-state index contributed by atoms with van der Waals surface area (Å²) in [5, 5.41) is 4.80. The summed E-state index contributed by atoms with van der Waals surface area (Å²) < 4.78 is 1.08. The van der Waals surface area contributed by atoms with Crippen LogP contribution in [0.1, 0.15) is 23.5 Å². The molecule has 1 aromatic heterocycles. The number of aromatic nitrogens is 1. The van der Waals surface area contributed by atoms with Gasteiger partial charge in [-0.05, 0) is 60.7 Å². The van der Waals surface area contributed by atoms with Gasteiger partial charge < -0.3 is 5.32 Å². The van der Waals surface area contributed by atoms with E-state index in [0.717, 1.165) is 22.2 Å². The lowest BCUT2D eigenvalue weighted by Crippen LogP contribution is -2.14. The summed E-state index contributed by atoms with van der Waals surface area (Å²) in [4.78, 5) is 16.9. The summed E-state index contributed by atoms with van der Waals surface area (Å²) in [7, 11) is 0. The lowest BCUT2D eigenvalue weighted by Gasteiger charge is -2.03. The van der Waals surface area contributed by atoms with Crippen molar-refractivity contribution in [2.75, 3.05) is 5.32 Å². The van der Waals surface area contributed by atoms with Gasteiger partial charge in [-0.2, -0.15) is 0 Å². The van der Waals surface area contributed by atoms with Gasteiger partial charge >= 0.3 is 0 Å². The third kappa shape index (κ3) is 3.14. The van der Waals surface area contributed by atoms with E-state index in [2.05, 4.69) is 16.4 Å². The Morgan fingerprint density at radius 3 is 2.71 bits per heavy atom. The molecule has 2 atom stereocenters. The maximum Gasteiger partial charge on any atom is 0.229 e. The number of nitrogens with zero attached hydrogens (tertiary/aromatic N) is 1.